The number of aromatic nitrogens is 2. The van der Waals surface area contributed by atoms with E-state index >= 15 is 0 Å². The first-order valence-electron chi connectivity index (χ1n) is 9.96. The molecule has 0 bridgehead atoms. The predicted molar refractivity (Wildman–Crippen MR) is 114 cm³/mol. The Balaban J connectivity index is 1.57. The van der Waals surface area contributed by atoms with Crippen LogP contribution in [0.3, 0.4) is 0 Å². The van der Waals surface area contributed by atoms with Crippen molar-refractivity contribution < 1.29 is 4.79 Å². The quantitative estimate of drug-likeness (QED) is 0.727. The van der Waals surface area contributed by atoms with Gasteiger partial charge in [-0.3, -0.25) is 9.59 Å². The molecule has 0 aliphatic carbocycles. The van der Waals surface area contributed by atoms with Crippen molar-refractivity contribution in [2.45, 2.75) is 32.9 Å². The second-order valence-electron chi connectivity index (χ2n) is 7.19. The van der Waals surface area contributed by atoms with Gasteiger partial charge in [0.05, 0.1) is 11.4 Å². The van der Waals surface area contributed by atoms with Crippen LogP contribution < -0.4 is 15.8 Å². The summed E-state index contributed by atoms with van der Waals surface area (Å²) in [5, 5.41) is 7.19. The number of nitrogens with zero attached hydrogens (tertiary/aromatic N) is 3. The maximum absolute atomic E-state index is 12.8. The lowest BCUT2D eigenvalue weighted by Crippen LogP contribution is -2.31. The van der Waals surface area contributed by atoms with Gasteiger partial charge in [0.1, 0.15) is 5.69 Å². The number of carbonyl (C=O) groups excluding carboxylic acids is 1. The summed E-state index contributed by atoms with van der Waals surface area (Å²) >= 11 is 0. The highest BCUT2D eigenvalue weighted by atomic mass is 16.2. The zero-order chi connectivity index (χ0) is 20.2. The lowest BCUT2D eigenvalue weighted by Gasteiger charge is -2.32. The summed E-state index contributed by atoms with van der Waals surface area (Å²) in [4.78, 5) is 27.0. The minimum atomic E-state index is -0.320. The number of anilines is 2. The lowest BCUT2D eigenvalue weighted by molar-refractivity contribution is 0.102. The van der Waals surface area contributed by atoms with Crippen molar-refractivity contribution in [3.63, 3.8) is 0 Å². The minimum Gasteiger partial charge on any atom is -0.365 e. The molecular formula is C23H24N4O2. The average molecular weight is 388 g/mol. The summed E-state index contributed by atoms with van der Waals surface area (Å²) in [5.74, 6) is -0.320. The fourth-order valence-corrected chi connectivity index (χ4v) is 3.68. The van der Waals surface area contributed by atoms with Gasteiger partial charge in [0.25, 0.3) is 11.5 Å². The minimum absolute atomic E-state index is 0.198. The van der Waals surface area contributed by atoms with Crippen LogP contribution in [0.25, 0.3) is 0 Å². The Morgan fingerprint density at radius 2 is 1.79 bits per heavy atom. The lowest BCUT2D eigenvalue weighted by atomic mass is 9.99. The van der Waals surface area contributed by atoms with Gasteiger partial charge in [0.15, 0.2) is 0 Å². The molecule has 2 heterocycles. The second kappa shape index (κ2) is 8.31. The molecule has 3 aromatic rings. The number of carbonyl (C=O) groups is 1. The fourth-order valence-electron chi connectivity index (χ4n) is 3.68. The van der Waals surface area contributed by atoms with E-state index in [1.807, 2.05) is 31.2 Å². The number of para-hydroxylation sites is 2. The van der Waals surface area contributed by atoms with Gasteiger partial charge in [-0.2, -0.15) is 5.10 Å². The fraction of sp³-hybridized carbons (Fsp3) is 0.261. The topological polar surface area (TPSA) is 67.2 Å². The third kappa shape index (κ3) is 4.06. The molecule has 1 N–H and O–H groups in total. The van der Waals surface area contributed by atoms with Crippen LogP contribution in [0.2, 0.25) is 0 Å². The smallest absolute Gasteiger partial charge is 0.276 e. The number of aryl methyl sites for hydroxylation is 1. The van der Waals surface area contributed by atoms with E-state index in [-0.39, 0.29) is 17.2 Å². The highest BCUT2D eigenvalue weighted by molar-refractivity contribution is 6.04. The van der Waals surface area contributed by atoms with E-state index in [9.17, 15) is 9.59 Å². The van der Waals surface area contributed by atoms with Crippen LogP contribution in [0, 0.1) is 0 Å². The number of nitrogens with one attached hydrogen (secondary N) is 1. The molecule has 0 atom stereocenters. The Bertz CT molecular complexity index is 1090. The van der Waals surface area contributed by atoms with E-state index in [2.05, 4.69) is 39.6 Å². The largest absolute Gasteiger partial charge is 0.365 e. The maximum Gasteiger partial charge on any atom is 0.276 e. The van der Waals surface area contributed by atoms with E-state index in [1.165, 1.54) is 27.9 Å². The highest BCUT2D eigenvalue weighted by Crippen LogP contribution is 2.30. The van der Waals surface area contributed by atoms with E-state index in [0.29, 0.717) is 6.54 Å². The molecule has 1 amide bonds. The molecule has 0 saturated heterocycles. The van der Waals surface area contributed by atoms with E-state index in [4.69, 9.17) is 0 Å². The molecule has 2 aromatic carbocycles. The van der Waals surface area contributed by atoms with Gasteiger partial charge in [-0.1, -0.05) is 43.3 Å². The van der Waals surface area contributed by atoms with E-state index in [1.54, 1.807) is 0 Å². The van der Waals surface area contributed by atoms with Gasteiger partial charge < -0.3 is 10.2 Å². The SMILES string of the molecule is CCCn1nc(C(=O)Nc2ccccc2N2CCc3ccccc3C2)ccc1=O. The molecule has 0 fully saturated rings. The Hall–Kier alpha value is -3.41. The number of benzene rings is 2. The molecule has 1 aliphatic rings. The Labute approximate surface area is 169 Å². The van der Waals surface area contributed by atoms with Gasteiger partial charge in [-0.15, -0.1) is 0 Å². The first-order valence-corrected chi connectivity index (χ1v) is 9.96. The zero-order valence-corrected chi connectivity index (χ0v) is 16.5. The van der Waals surface area contributed by atoms with Crippen LogP contribution in [0.1, 0.15) is 35.0 Å². The summed E-state index contributed by atoms with van der Waals surface area (Å²) in [6.07, 6.45) is 1.75. The van der Waals surface area contributed by atoms with Crippen molar-refractivity contribution in [3.05, 3.63) is 87.8 Å². The van der Waals surface area contributed by atoms with Gasteiger partial charge in [-0.25, -0.2) is 4.68 Å². The van der Waals surface area contributed by atoms with E-state index in [0.717, 1.165) is 37.3 Å². The Morgan fingerprint density at radius 3 is 2.62 bits per heavy atom. The van der Waals surface area contributed by atoms with Crippen LogP contribution in [0.15, 0.2) is 65.5 Å². The predicted octanol–water partition coefficient (Wildman–Crippen LogP) is 3.47. The van der Waals surface area contributed by atoms with Crippen molar-refractivity contribution in [2.75, 3.05) is 16.8 Å². The van der Waals surface area contributed by atoms with Crippen molar-refractivity contribution >= 4 is 17.3 Å². The van der Waals surface area contributed by atoms with Crippen LogP contribution in [-0.2, 0) is 19.5 Å². The van der Waals surface area contributed by atoms with Crippen molar-refractivity contribution in [3.8, 4) is 0 Å². The summed E-state index contributed by atoms with van der Waals surface area (Å²) in [7, 11) is 0. The third-order valence-corrected chi connectivity index (χ3v) is 5.16. The molecule has 0 radical (unpaired) electrons. The molecule has 0 saturated carbocycles. The van der Waals surface area contributed by atoms with Gasteiger partial charge in [-0.05, 0) is 42.2 Å². The molecule has 1 aliphatic heterocycles. The van der Waals surface area contributed by atoms with Gasteiger partial charge >= 0.3 is 0 Å². The van der Waals surface area contributed by atoms with Crippen LogP contribution in [0.4, 0.5) is 11.4 Å². The molecular weight excluding hydrogens is 364 g/mol. The van der Waals surface area contributed by atoms with Gasteiger partial charge in [0.2, 0.25) is 0 Å². The molecule has 0 spiro atoms. The van der Waals surface area contributed by atoms with E-state index < -0.39 is 0 Å². The van der Waals surface area contributed by atoms with Crippen LogP contribution in [-0.4, -0.2) is 22.2 Å². The first-order chi connectivity index (χ1) is 14.2. The Morgan fingerprint density at radius 1 is 1.03 bits per heavy atom. The number of hydrogen-bond donors (Lipinski definition) is 1. The average Bonchev–Trinajstić information content (AvgIpc) is 2.75. The standard InChI is InChI=1S/C23H24N4O2/c1-2-14-27-22(28)12-11-20(25-27)23(29)24-19-9-5-6-10-21(19)26-15-13-17-7-3-4-8-18(17)16-26/h3-12H,2,13-16H2,1H3,(H,24,29). The normalized spacial score (nSPS) is 13.1. The molecule has 6 heteroatoms. The summed E-state index contributed by atoms with van der Waals surface area (Å²) < 4.78 is 1.34. The number of hydrogen-bond acceptors (Lipinski definition) is 4. The molecule has 6 nitrogen and oxygen atoms in total. The highest BCUT2D eigenvalue weighted by Gasteiger charge is 2.19. The molecule has 29 heavy (non-hydrogen) atoms. The summed E-state index contributed by atoms with van der Waals surface area (Å²) in [6, 6.07) is 19.1. The molecule has 148 valence electrons. The monoisotopic (exact) mass is 388 g/mol. The summed E-state index contributed by atoms with van der Waals surface area (Å²) in [5.41, 5.74) is 4.46. The second-order valence-corrected chi connectivity index (χ2v) is 7.19. The molecule has 4 rings (SSSR count). The number of fused-ring (bicyclic) bond motifs is 1. The van der Waals surface area contributed by atoms with Crippen LogP contribution >= 0.6 is 0 Å². The molecule has 1 aromatic heterocycles. The summed E-state index contributed by atoms with van der Waals surface area (Å²) in [6.45, 7) is 4.16. The number of rotatable bonds is 5. The molecule has 0 unspecified atom stereocenters. The van der Waals surface area contributed by atoms with Crippen LogP contribution in [0.5, 0.6) is 0 Å². The van der Waals surface area contributed by atoms with Crippen molar-refractivity contribution in [1.82, 2.24) is 9.78 Å². The first kappa shape index (κ1) is 18.9. The maximum atomic E-state index is 12.8. The zero-order valence-electron chi connectivity index (χ0n) is 16.5. The number of amides is 1. The third-order valence-electron chi connectivity index (χ3n) is 5.16. The van der Waals surface area contributed by atoms with Crippen molar-refractivity contribution in [1.29, 1.82) is 0 Å². The van der Waals surface area contributed by atoms with Crippen molar-refractivity contribution in [2.24, 2.45) is 0 Å². The Kier molecular flexibility index (Phi) is 5.42. The van der Waals surface area contributed by atoms with Gasteiger partial charge in [0, 0.05) is 25.7 Å².